The van der Waals surface area contributed by atoms with Crippen LogP contribution in [0.25, 0.3) is 10.9 Å². The Morgan fingerprint density at radius 3 is 2.35 bits per heavy atom. The van der Waals surface area contributed by atoms with E-state index < -0.39 is 24.2 Å². The number of rotatable bonds is 5. The fourth-order valence-corrected chi connectivity index (χ4v) is 5.99. The van der Waals surface area contributed by atoms with Crippen LogP contribution in [0.5, 0.6) is 0 Å². The molecule has 1 saturated carbocycles. The zero-order valence-corrected chi connectivity index (χ0v) is 22.4. The minimum absolute atomic E-state index is 0.150. The second kappa shape index (κ2) is 9.52. The Hall–Kier alpha value is -2.77. The largest absolute Gasteiger partial charge is 0.494 e. The van der Waals surface area contributed by atoms with Crippen molar-refractivity contribution in [3.05, 3.63) is 71.2 Å². The lowest BCUT2D eigenvalue weighted by molar-refractivity contribution is 0.00578. The lowest BCUT2D eigenvalue weighted by atomic mass is 9.70. The number of nitrogens with zero attached hydrogens (tertiary/aromatic N) is 1. The molecule has 7 heteroatoms. The first kappa shape index (κ1) is 25.9. The number of fused-ring (bicyclic) bond motifs is 1. The fourth-order valence-electron chi connectivity index (χ4n) is 5.99. The highest BCUT2D eigenvalue weighted by atomic mass is 19.1. The van der Waals surface area contributed by atoms with Crippen LogP contribution in [0, 0.1) is 11.7 Å². The average molecular weight is 502 g/mol. The predicted octanol–water partition coefficient (Wildman–Crippen LogP) is 5.85. The van der Waals surface area contributed by atoms with E-state index in [1.165, 1.54) is 11.6 Å². The van der Waals surface area contributed by atoms with Crippen molar-refractivity contribution < 1.29 is 18.5 Å². The highest BCUT2D eigenvalue weighted by Gasteiger charge is 2.51. The summed E-state index contributed by atoms with van der Waals surface area (Å²) in [5.74, 6) is 0.277. The van der Waals surface area contributed by atoms with E-state index in [4.69, 9.17) is 15.0 Å². The number of nitrogens with two attached hydrogens (primary N) is 1. The second-order valence-corrected chi connectivity index (χ2v) is 11.8. The van der Waals surface area contributed by atoms with Crippen LogP contribution in [0.2, 0.25) is 0 Å². The summed E-state index contributed by atoms with van der Waals surface area (Å²) in [5, 5.41) is 0.908. The van der Waals surface area contributed by atoms with Gasteiger partial charge in [-0.15, -0.1) is 0 Å². The van der Waals surface area contributed by atoms with Gasteiger partial charge in [-0.1, -0.05) is 19.1 Å². The molecule has 0 bridgehead atoms. The molecule has 1 aliphatic heterocycles. The smallest absolute Gasteiger partial charge is 0.399 e. The number of aromatic nitrogens is 1. The molecular weight excluding hydrogens is 466 g/mol. The lowest BCUT2D eigenvalue weighted by Gasteiger charge is -2.34. The van der Waals surface area contributed by atoms with Crippen molar-refractivity contribution in [1.82, 2.24) is 4.98 Å². The molecule has 0 unspecified atom stereocenters. The van der Waals surface area contributed by atoms with Gasteiger partial charge in [-0.05, 0) is 118 Å². The van der Waals surface area contributed by atoms with E-state index in [1.54, 1.807) is 12.1 Å². The molecule has 1 aromatic heterocycles. The Balaban J connectivity index is 1.37. The molecule has 2 aliphatic rings. The maximum absolute atomic E-state index is 14.0. The van der Waals surface area contributed by atoms with Crippen LogP contribution in [-0.4, -0.2) is 29.2 Å². The Morgan fingerprint density at radius 1 is 1.03 bits per heavy atom. The highest BCUT2D eigenvalue weighted by molar-refractivity contribution is 6.62. The molecule has 2 aromatic carbocycles. The van der Waals surface area contributed by atoms with Crippen molar-refractivity contribution in [3.8, 4) is 0 Å². The molecule has 1 atom stereocenters. The van der Waals surface area contributed by atoms with Crippen molar-refractivity contribution in [2.24, 2.45) is 11.7 Å². The lowest BCUT2D eigenvalue weighted by Crippen LogP contribution is -2.41. The van der Waals surface area contributed by atoms with Gasteiger partial charge in [0.2, 0.25) is 5.91 Å². The van der Waals surface area contributed by atoms with E-state index in [-0.39, 0.29) is 11.7 Å². The highest BCUT2D eigenvalue weighted by Crippen LogP contribution is 2.44. The molecule has 3 aromatic rings. The molecule has 5 rings (SSSR count). The number of carbonyl (C=O) groups excluding carboxylic acids is 1. The summed E-state index contributed by atoms with van der Waals surface area (Å²) in [6.07, 6.45) is 5.87. The number of carbonyl (C=O) groups is 1. The quantitative estimate of drug-likeness (QED) is 0.445. The Morgan fingerprint density at radius 2 is 1.70 bits per heavy atom. The summed E-state index contributed by atoms with van der Waals surface area (Å²) in [6.45, 7) is 10.3. The van der Waals surface area contributed by atoms with E-state index in [0.29, 0.717) is 17.4 Å². The van der Waals surface area contributed by atoms with Gasteiger partial charge in [0.05, 0.1) is 16.7 Å². The van der Waals surface area contributed by atoms with Gasteiger partial charge in [0.1, 0.15) is 5.82 Å². The van der Waals surface area contributed by atoms with Gasteiger partial charge < -0.3 is 15.0 Å². The molecule has 2 N–H and O–H groups in total. The van der Waals surface area contributed by atoms with E-state index in [9.17, 15) is 9.18 Å². The van der Waals surface area contributed by atoms with Crippen LogP contribution in [0.15, 0.2) is 48.7 Å². The zero-order chi connectivity index (χ0) is 26.5. The van der Waals surface area contributed by atoms with E-state index in [0.717, 1.165) is 47.6 Å². The normalized spacial score (nSPS) is 23.8. The third-order valence-electron chi connectivity index (χ3n) is 9.01. The standard InChI is InChI=1S/C30H36BFN2O3/c1-18(19-6-8-20(9-7-19)23-14-15-34-27-13-11-22(32)17-26(23)27)25-16-21(10-12-24(25)28(33)35)31-36-29(2,3)30(4,5)37-31/h10-20H,6-9H2,1-5H3,(H2,33,35)/t18-,19?,20?/m1/s1. The topological polar surface area (TPSA) is 74.4 Å². The number of halogens is 1. The van der Waals surface area contributed by atoms with E-state index in [2.05, 4.69) is 18.0 Å². The van der Waals surface area contributed by atoms with E-state index in [1.807, 2.05) is 52.1 Å². The minimum atomic E-state index is -0.492. The molecule has 5 nitrogen and oxygen atoms in total. The van der Waals surface area contributed by atoms with Gasteiger partial charge in [0.15, 0.2) is 0 Å². The minimum Gasteiger partial charge on any atom is -0.399 e. The molecule has 37 heavy (non-hydrogen) atoms. The number of hydrogen-bond donors (Lipinski definition) is 1. The van der Waals surface area contributed by atoms with Crippen LogP contribution in [0.3, 0.4) is 0 Å². The van der Waals surface area contributed by atoms with Crippen molar-refractivity contribution in [3.63, 3.8) is 0 Å². The third kappa shape index (κ3) is 4.79. The first-order valence-corrected chi connectivity index (χ1v) is 13.3. The summed E-state index contributed by atoms with van der Waals surface area (Å²) in [4.78, 5) is 16.8. The molecule has 2 heterocycles. The summed E-state index contributed by atoms with van der Waals surface area (Å²) < 4.78 is 26.5. The van der Waals surface area contributed by atoms with Gasteiger partial charge >= 0.3 is 7.12 Å². The average Bonchev–Trinajstić information content (AvgIpc) is 3.09. The SMILES string of the molecule is C[C@@H](c1cc(B2OC(C)(C)C(C)(C)O2)ccc1C(N)=O)C1CCC(c2ccnc3ccc(F)cc23)CC1. The predicted molar refractivity (Wildman–Crippen MR) is 145 cm³/mol. The molecule has 1 aliphatic carbocycles. The summed E-state index contributed by atoms with van der Waals surface area (Å²) >= 11 is 0. The molecule has 2 fully saturated rings. The fraction of sp³-hybridized carbons (Fsp3) is 0.467. The van der Waals surface area contributed by atoms with Gasteiger partial charge in [0.25, 0.3) is 0 Å². The number of hydrogen-bond acceptors (Lipinski definition) is 4. The third-order valence-corrected chi connectivity index (χ3v) is 9.01. The van der Waals surface area contributed by atoms with Gasteiger partial charge in [-0.25, -0.2) is 4.39 Å². The van der Waals surface area contributed by atoms with Crippen LogP contribution in [0.4, 0.5) is 4.39 Å². The molecule has 0 radical (unpaired) electrons. The number of benzene rings is 2. The van der Waals surface area contributed by atoms with Crippen molar-refractivity contribution >= 4 is 29.4 Å². The van der Waals surface area contributed by atoms with Crippen molar-refractivity contribution in [2.45, 2.75) is 83.3 Å². The Labute approximate surface area is 219 Å². The van der Waals surface area contributed by atoms with Crippen molar-refractivity contribution in [1.29, 1.82) is 0 Å². The first-order valence-electron chi connectivity index (χ1n) is 13.3. The number of primary amides is 1. The van der Waals surface area contributed by atoms with Crippen LogP contribution in [0.1, 0.15) is 93.6 Å². The first-order chi connectivity index (χ1) is 17.5. The van der Waals surface area contributed by atoms with Gasteiger partial charge in [-0.3, -0.25) is 9.78 Å². The number of pyridine rings is 1. The second-order valence-electron chi connectivity index (χ2n) is 11.8. The maximum Gasteiger partial charge on any atom is 0.494 e. The summed E-state index contributed by atoms with van der Waals surface area (Å²) in [6, 6.07) is 12.6. The Bertz CT molecular complexity index is 1320. The molecule has 0 spiro atoms. The van der Waals surface area contributed by atoms with E-state index >= 15 is 0 Å². The Kier molecular flexibility index (Phi) is 6.65. The molecular formula is C30H36BFN2O3. The van der Waals surface area contributed by atoms with Crippen molar-refractivity contribution in [2.75, 3.05) is 0 Å². The zero-order valence-electron chi connectivity index (χ0n) is 22.4. The van der Waals surface area contributed by atoms with Gasteiger partial charge in [0, 0.05) is 17.1 Å². The monoisotopic (exact) mass is 502 g/mol. The maximum atomic E-state index is 14.0. The van der Waals surface area contributed by atoms with Crippen LogP contribution >= 0.6 is 0 Å². The summed E-state index contributed by atoms with van der Waals surface area (Å²) in [7, 11) is -0.492. The molecule has 1 amide bonds. The summed E-state index contributed by atoms with van der Waals surface area (Å²) in [5.41, 5.74) is 9.35. The number of amides is 1. The van der Waals surface area contributed by atoms with Crippen LogP contribution in [-0.2, 0) is 9.31 Å². The van der Waals surface area contributed by atoms with Crippen LogP contribution < -0.4 is 11.2 Å². The molecule has 1 saturated heterocycles. The van der Waals surface area contributed by atoms with Gasteiger partial charge in [-0.2, -0.15) is 0 Å². The molecule has 194 valence electrons.